The zero-order valence-electron chi connectivity index (χ0n) is 43.1. The molecule has 7 heteroatoms. The van der Waals surface area contributed by atoms with E-state index in [1.807, 2.05) is 36.8 Å². The molecular weight excluding hydrogens is 857 g/mol. The van der Waals surface area contributed by atoms with Crippen molar-refractivity contribution in [2.75, 3.05) is 0 Å². The van der Waals surface area contributed by atoms with Gasteiger partial charge in [0, 0.05) is 53.9 Å². The molecule has 0 fully saturated rings. The van der Waals surface area contributed by atoms with Crippen LogP contribution in [-0.4, -0.2) is 28.7 Å². The van der Waals surface area contributed by atoms with Crippen molar-refractivity contribution in [2.45, 2.75) is 119 Å². The number of aromatic nitrogens is 6. The van der Waals surface area contributed by atoms with E-state index in [2.05, 4.69) is 219 Å². The predicted octanol–water partition coefficient (Wildman–Crippen LogP) is 17.4. The van der Waals surface area contributed by atoms with Gasteiger partial charge in [-0.2, -0.15) is 0 Å². The maximum absolute atomic E-state index is 6.69. The lowest BCUT2D eigenvalue weighted by Crippen LogP contribution is -2.10. The molecule has 0 bridgehead atoms. The maximum atomic E-state index is 6.69. The largest absolute Gasteiger partial charge is 0.457 e. The topological polar surface area (TPSA) is 62.7 Å². The lowest BCUT2D eigenvalue weighted by atomic mass is 9.84. The third-order valence-corrected chi connectivity index (χ3v) is 13.6. The predicted molar refractivity (Wildman–Crippen MR) is 291 cm³/mol. The van der Waals surface area contributed by atoms with Crippen LogP contribution in [0.4, 0.5) is 0 Å². The summed E-state index contributed by atoms with van der Waals surface area (Å²) in [7, 11) is 0. The monoisotopic (exact) mass is 925 g/mol. The molecule has 9 aromatic rings. The minimum Gasteiger partial charge on any atom is -0.457 e. The van der Waals surface area contributed by atoms with Gasteiger partial charge in [-0.05, 0) is 129 Å². The van der Waals surface area contributed by atoms with Gasteiger partial charge in [0.2, 0.25) is 0 Å². The first-order valence-electron chi connectivity index (χ1n) is 25.2. The first-order valence-corrected chi connectivity index (χ1v) is 25.2. The number of nitrogens with zero attached hydrogens (tertiary/aromatic N) is 6. The first kappa shape index (κ1) is 47.8. The molecule has 3 heterocycles. The van der Waals surface area contributed by atoms with E-state index in [1.165, 1.54) is 61.6 Å². The molecule has 3 aromatic heterocycles. The van der Waals surface area contributed by atoms with Crippen molar-refractivity contribution in [3.05, 3.63) is 192 Å². The Balaban J connectivity index is 1.08. The summed E-state index contributed by atoms with van der Waals surface area (Å²) in [5, 5.41) is 0. The lowest BCUT2D eigenvalue weighted by molar-refractivity contribution is 0.483. The number of benzene rings is 6. The molecular formula is C63H68N6O. The number of para-hydroxylation sites is 1. The fraction of sp³-hybridized carbons (Fsp3) is 0.286. The molecule has 6 aromatic carbocycles. The van der Waals surface area contributed by atoms with Crippen LogP contribution in [0.15, 0.2) is 159 Å². The van der Waals surface area contributed by atoms with Gasteiger partial charge in [-0.3, -0.25) is 13.7 Å². The van der Waals surface area contributed by atoms with Gasteiger partial charge in [0.05, 0.1) is 17.1 Å². The van der Waals surface area contributed by atoms with Crippen molar-refractivity contribution >= 4 is 0 Å². The molecule has 9 rings (SSSR count). The Bertz CT molecular complexity index is 3180. The minimum atomic E-state index is 0.240. The first-order chi connectivity index (χ1) is 33.7. The summed E-state index contributed by atoms with van der Waals surface area (Å²) in [5.74, 6) is 5.94. The van der Waals surface area contributed by atoms with Crippen LogP contribution in [0.1, 0.15) is 152 Å². The fourth-order valence-electron chi connectivity index (χ4n) is 10.0. The second kappa shape index (κ2) is 20.0. The molecule has 356 valence electrons. The molecule has 0 amide bonds. The van der Waals surface area contributed by atoms with Gasteiger partial charge in [0.1, 0.15) is 29.0 Å². The Morgan fingerprint density at radius 1 is 0.314 bits per heavy atom. The van der Waals surface area contributed by atoms with Crippen LogP contribution >= 0.6 is 0 Å². The molecule has 0 aliphatic heterocycles. The molecule has 0 N–H and O–H groups in total. The van der Waals surface area contributed by atoms with Gasteiger partial charge in [0.25, 0.3) is 0 Å². The van der Waals surface area contributed by atoms with Gasteiger partial charge in [-0.25, -0.2) is 15.0 Å². The number of hydrogen-bond donors (Lipinski definition) is 0. The van der Waals surface area contributed by atoms with Crippen LogP contribution in [-0.2, 0) is 0 Å². The Hall–Kier alpha value is -7.25. The van der Waals surface area contributed by atoms with Crippen LogP contribution in [0.25, 0.3) is 62.4 Å². The summed E-state index contributed by atoms with van der Waals surface area (Å²) < 4.78 is 13.5. The van der Waals surface area contributed by atoms with E-state index in [0.29, 0.717) is 11.8 Å². The van der Waals surface area contributed by atoms with Gasteiger partial charge in [-0.15, -0.1) is 0 Å². The standard InChI is InChI=1S/C63H68N6O/c1-39(2)52-25-18-26-53(40(3)4)58(52)67-30-28-65-62(67)46-21-16-23-50(33-46)70-51-24-17-22-47(34-51)63-66-29-32-69(63)60-56(43(9)10)37-49(38-57(60)44(11)12)48-35-54(41(5)6)59(55(36-48)42(7)8)68-31-27-64-61(68)45-19-14-13-15-20-45/h13-44H,1-12H3. The van der Waals surface area contributed by atoms with Crippen LogP contribution in [0.3, 0.4) is 0 Å². The molecule has 0 unspecified atom stereocenters. The van der Waals surface area contributed by atoms with E-state index >= 15 is 0 Å². The zero-order chi connectivity index (χ0) is 49.4. The highest BCUT2D eigenvalue weighted by Crippen LogP contribution is 2.43. The van der Waals surface area contributed by atoms with Crippen LogP contribution in [0, 0.1) is 0 Å². The van der Waals surface area contributed by atoms with E-state index in [9.17, 15) is 0 Å². The highest BCUT2D eigenvalue weighted by Gasteiger charge is 2.25. The summed E-state index contributed by atoms with van der Waals surface area (Å²) in [5.41, 5.74) is 16.9. The van der Waals surface area contributed by atoms with Crippen LogP contribution in [0.5, 0.6) is 11.5 Å². The molecule has 0 atom stereocenters. The Morgan fingerprint density at radius 2 is 0.629 bits per heavy atom. The van der Waals surface area contributed by atoms with Crippen LogP contribution < -0.4 is 4.74 Å². The highest BCUT2D eigenvalue weighted by molar-refractivity contribution is 5.76. The molecule has 0 saturated carbocycles. The normalized spacial score (nSPS) is 11.9. The summed E-state index contributed by atoms with van der Waals surface area (Å²) in [6.07, 6.45) is 12.0. The third kappa shape index (κ3) is 9.30. The van der Waals surface area contributed by atoms with E-state index < -0.39 is 0 Å². The number of rotatable bonds is 15. The van der Waals surface area contributed by atoms with Crippen molar-refractivity contribution in [3.63, 3.8) is 0 Å². The van der Waals surface area contributed by atoms with Crippen LogP contribution in [0.2, 0.25) is 0 Å². The van der Waals surface area contributed by atoms with Crippen molar-refractivity contribution in [3.8, 4) is 73.9 Å². The fourth-order valence-corrected chi connectivity index (χ4v) is 10.0. The summed E-state index contributed by atoms with van der Waals surface area (Å²) in [6, 6.07) is 43.4. The smallest absolute Gasteiger partial charge is 0.144 e. The Labute approximate surface area is 415 Å². The van der Waals surface area contributed by atoms with E-state index in [4.69, 9.17) is 19.7 Å². The van der Waals surface area contributed by atoms with Crippen molar-refractivity contribution in [1.29, 1.82) is 0 Å². The third-order valence-electron chi connectivity index (χ3n) is 13.6. The average Bonchev–Trinajstić information content (AvgIpc) is 4.16. The second-order valence-corrected chi connectivity index (χ2v) is 20.6. The zero-order valence-corrected chi connectivity index (χ0v) is 43.1. The summed E-state index contributed by atoms with van der Waals surface area (Å²) >= 11 is 0. The number of imidazole rings is 3. The van der Waals surface area contributed by atoms with Crippen molar-refractivity contribution < 1.29 is 4.74 Å². The number of hydrogen-bond acceptors (Lipinski definition) is 4. The number of ether oxygens (including phenoxy) is 1. The molecule has 0 aliphatic rings. The van der Waals surface area contributed by atoms with Gasteiger partial charge >= 0.3 is 0 Å². The second-order valence-electron chi connectivity index (χ2n) is 20.6. The van der Waals surface area contributed by atoms with Crippen molar-refractivity contribution in [2.24, 2.45) is 0 Å². The van der Waals surface area contributed by atoms with E-state index in [-0.39, 0.29) is 23.7 Å². The molecule has 7 nitrogen and oxygen atoms in total. The Kier molecular flexibility index (Phi) is 13.7. The van der Waals surface area contributed by atoms with Gasteiger partial charge < -0.3 is 4.74 Å². The van der Waals surface area contributed by atoms with Gasteiger partial charge in [-0.1, -0.05) is 156 Å². The molecule has 0 aliphatic carbocycles. The molecule has 0 radical (unpaired) electrons. The highest BCUT2D eigenvalue weighted by atomic mass is 16.5. The minimum absolute atomic E-state index is 0.240. The van der Waals surface area contributed by atoms with Crippen molar-refractivity contribution in [1.82, 2.24) is 28.7 Å². The quantitative estimate of drug-likeness (QED) is 0.103. The molecule has 0 spiro atoms. The SMILES string of the molecule is CC(C)c1cccc(C(C)C)c1-n1ccnc1-c1cccc(Oc2cccc(-c3nccn3-c3c(C(C)C)cc(-c4cc(C(C)C)c(-n5ccnc5-c5ccccc5)c(C(C)C)c4)cc3C(C)C)c2)c1. The summed E-state index contributed by atoms with van der Waals surface area (Å²) in [4.78, 5) is 14.8. The van der Waals surface area contributed by atoms with E-state index in [0.717, 1.165) is 45.7 Å². The molecule has 70 heavy (non-hydrogen) atoms. The lowest BCUT2D eigenvalue weighted by Gasteiger charge is -2.26. The maximum Gasteiger partial charge on any atom is 0.144 e. The summed E-state index contributed by atoms with van der Waals surface area (Å²) in [6.45, 7) is 27.5. The van der Waals surface area contributed by atoms with E-state index in [1.54, 1.807) is 0 Å². The van der Waals surface area contributed by atoms with Gasteiger partial charge in [0.15, 0.2) is 0 Å². The average molecular weight is 925 g/mol. The molecule has 0 saturated heterocycles. The Morgan fingerprint density at radius 3 is 0.986 bits per heavy atom.